The van der Waals surface area contributed by atoms with E-state index in [0.29, 0.717) is 0 Å². The van der Waals surface area contributed by atoms with Crippen LogP contribution >= 0.6 is 0 Å². The molecule has 0 unspecified atom stereocenters. The van der Waals surface area contributed by atoms with Gasteiger partial charge in [0.25, 0.3) is 0 Å². The number of unbranched alkanes of at least 4 members (excludes halogenated alkanes) is 2. The topological polar surface area (TPSA) is 48.0 Å². The van der Waals surface area contributed by atoms with Crippen molar-refractivity contribution in [3.8, 4) is 0 Å². The van der Waals surface area contributed by atoms with Crippen molar-refractivity contribution in [2.24, 2.45) is 0 Å². The summed E-state index contributed by atoms with van der Waals surface area (Å²) in [6.07, 6.45) is 6.52. The number of pyridine rings is 1. The SMILES string of the molecule is CC(C)(C)c1cc(CCCCCN2CN(c3ccccc3)c3ncccc32)[nH]n1. The highest BCUT2D eigenvalue weighted by molar-refractivity contribution is 5.78. The van der Waals surface area contributed by atoms with Gasteiger partial charge in [-0.3, -0.25) is 5.10 Å². The van der Waals surface area contributed by atoms with Gasteiger partial charge in [-0.1, -0.05) is 45.4 Å². The second-order valence-electron chi connectivity index (χ2n) is 8.85. The average molecular weight is 390 g/mol. The molecule has 1 aliphatic heterocycles. The maximum Gasteiger partial charge on any atom is 0.158 e. The Morgan fingerprint density at radius 3 is 2.59 bits per heavy atom. The van der Waals surface area contributed by atoms with E-state index in [1.807, 2.05) is 12.3 Å². The second-order valence-corrected chi connectivity index (χ2v) is 8.85. The number of para-hydroxylation sites is 1. The van der Waals surface area contributed by atoms with Gasteiger partial charge >= 0.3 is 0 Å². The minimum absolute atomic E-state index is 0.108. The number of fused-ring (bicyclic) bond motifs is 1. The van der Waals surface area contributed by atoms with Gasteiger partial charge in [0, 0.05) is 29.5 Å². The maximum absolute atomic E-state index is 4.65. The highest BCUT2D eigenvalue weighted by atomic mass is 15.4. The van der Waals surface area contributed by atoms with Crippen LogP contribution in [-0.4, -0.2) is 28.4 Å². The molecule has 29 heavy (non-hydrogen) atoms. The third kappa shape index (κ3) is 4.44. The van der Waals surface area contributed by atoms with Crippen molar-refractivity contribution in [1.82, 2.24) is 15.2 Å². The molecule has 4 rings (SSSR count). The van der Waals surface area contributed by atoms with Gasteiger partial charge < -0.3 is 9.80 Å². The third-order valence-electron chi connectivity index (χ3n) is 5.52. The van der Waals surface area contributed by atoms with Gasteiger partial charge in [0.1, 0.15) is 0 Å². The molecular formula is C24H31N5. The van der Waals surface area contributed by atoms with Crippen LogP contribution in [0.15, 0.2) is 54.7 Å². The van der Waals surface area contributed by atoms with Crippen LogP contribution in [-0.2, 0) is 11.8 Å². The van der Waals surface area contributed by atoms with Crippen molar-refractivity contribution in [2.45, 2.75) is 51.9 Å². The van der Waals surface area contributed by atoms with Crippen LogP contribution in [0.4, 0.5) is 17.2 Å². The molecule has 0 saturated heterocycles. The van der Waals surface area contributed by atoms with E-state index in [1.54, 1.807) is 0 Å². The van der Waals surface area contributed by atoms with E-state index in [9.17, 15) is 0 Å². The molecule has 1 aromatic carbocycles. The Morgan fingerprint density at radius 1 is 1.00 bits per heavy atom. The van der Waals surface area contributed by atoms with E-state index in [1.165, 1.54) is 36.3 Å². The van der Waals surface area contributed by atoms with Gasteiger partial charge in [0.15, 0.2) is 5.82 Å². The Hall–Kier alpha value is -2.82. The molecule has 0 amide bonds. The molecule has 2 aromatic heterocycles. The molecule has 5 heteroatoms. The van der Waals surface area contributed by atoms with Crippen molar-refractivity contribution >= 4 is 17.2 Å². The molecule has 0 saturated carbocycles. The van der Waals surface area contributed by atoms with E-state index in [2.05, 4.69) is 88.2 Å². The van der Waals surface area contributed by atoms with Crippen LogP contribution < -0.4 is 9.80 Å². The molecule has 0 aliphatic carbocycles. The number of nitrogens with zero attached hydrogens (tertiary/aromatic N) is 4. The van der Waals surface area contributed by atoms with Gasteiger partial charge in [0.05, 0.1) is 18.1 Å². The van der Waals surface area contributed by atoms with Crippen LogP contribution in [0.3, 0.4) is 0 Å². The Kier molecular flexibility index (Phi) is 5.56. The molecule has 0 spiro atoms. The predicted octanol–water partition coefficient (Wildman–Crippen LogP) is 5.43. The van der Waals surface area contributed by atoms with Crippen molar-refractivity contribution < 1.29 is 0 Å². The van der Waals surface area contributed by atoms with Crippen LogP contribution in [0.2, 0.25) is 0 Å². The molecular weight excluding hydrogens is 358 g/mol. The van der Waals surface area contributed by atoms with Crippen molar-refractivity contribution in [3.05, 3.63) is 66.1 Å². The average Bonchev–Trinajstić information content (AvgIpc) is 3.34. The number of rotatable bonds is 7. The first-order valence-corrected chi connectivity index (χ1v) is 10.6. The summed E-state index contributed by atoms with van der Waals surface area (Å²) < 4.78 is 0. The van der Waals surface area contributed by atoms with Crippen LogP contribution in [0, 0.1) is 0 Å². The standard InChI is InChI=1S/C24H31N5/c1-24(2,3)22-17-19(26-27-22)11-6-5-9-16-28-18-29(20-12-7-4-8-13-20)23-21(28)14-10-15-25-23/h4,7-8,10,12-15,17H,5-6,9,11,16,18H2,1-3H3,(H,26,27). The van der Waals surface area contributed by atoms with E-state index >= 15 is 0 Å². The minimum atomic E-state index is 0.108. The largest absolute Gasteiger partial charge is 0.350 e. The predicted molar refractivity (Wildman–Crippen MR) is 120 cm³/mol. The number of hydrogen-bond acceptors (Lipinski definition) is 4. The smallest absolute Gasteiger partial charge is 0.158 e. The highest BCUT2D eigenvalue weighted by Gasteiger charge is 2.27. The van der Waals surface area contributed by atoms with Crippen LogP contribution in [0.25, 0.3) is 0 Å². The van der Waals surface area contributed by atoms with Gasteiger partial charge in [-0.2, -0.15) is 5.10 Å². The summed E-state index contributed by atoms with van der Waals surface area (Å²) in [7, 11) is 0. The van der Waals surface area contributed by atoms with Crippen LogP contribution in [0.1, 0.15) is 51.4 Å². The number of nitrogens with one attached hydrogen (secondary N) is 1. The first kappa shape index (κ1) is 19.5. The number of H-pyrrole nitrogens is 1. The summed E-state index contributed by atoms with van der Waals surface area (Å²) in [5, 5.41) is 7.67. The molecule has 152 valence electrons. The number of anilines is 3. The normalized spacial score (nSPS) is 13.8. The Labute approximate surface area is 173 Å². The van der Waals surface area contributed by atoms with Gasteiger partial charge in [-0.25, -0.2) is 4.98 Å². The number of hydrogen-bond donors (Lipinski definition) is 1. The lowest BCUT2D eigenvalue weighted by Gasteiger charge is -2.21. The lowest BCUT2D eigenvalue weighted by molar-refractivity contribution is 0.567. The summed E-state index contributed by atoms with van der Waals surface area (Å²) in [5.41, 5.74) is 4.94. The van der Waals surface area contributed by atoms with Gasteiger partial charge in [-0.15, -0.1) is 0 Å². The van der Waals surface area contributed by atoms with E-state index in [0.717, 1.165) is 31.1 Å². The van der Waals surface area contributed by atoms with Gasteiger partial charge in [-0.05, 0) is 49.6 Å². The summed E-state index contributed by atoms with van der Waals surface area (Å²) in [6.45, 7) is 8.53. The quantitative estimate of drug-likeness (QED) is 0.547. The Balaban J connectivity index is 1.30. The van der Waals surface area contributed by atoms with Crippen molar-refractivity contribution in [3.63, 3.8) is 0 Å². The molecule has 3 heterocycles. The number of aromatic nitrogens is 3. The van der Waals surface area contributed by atoms with E-state index in [4.69, 9.17) is 0 Å². The summed E-state index contributed by atoms with van der Waals surface area (Å²) in [4.78, 5) is 9.39. The summed E-state index contributed by atoms with van der Waals surface area (Å²) >= 11 is 0. The summed E-state index contributed by atoms with van der Waals surface area (Å²) in [6, 6.07) is 17.0. The monoisotopic (exact) mass is 389 g/mol. The summed E-state index contributed by atoms with van der Waals surface area (Å²) in [5.74, 6) is 1.06. The molecule has 3 aromatic rings. The molecule has 5 nitrogen and oxygen atoms in total. The first-order valence-electron chi connectivity index (χ1n) is 10.6. The fraction of sp³-hybridized carbons (Fsp3) is 0.417. The first-order chi connectivity index (χ1) is 14.0. The zero-order valence-electron chi connectivity index (χ0n) is 17.7. The highest BCUT2D eigenvalue weighted by Crippen LogP contribution is 2.38. The maximum atomic E-state index is 4.65. The lowest BCUT2D eigenvalue weighted by atomic mass is 9.92. The molecule has 0 radical (unpaired) electrons. The third-order valence-corrected chi connectivity index (χ3v) is 5.52. The fourth-order valence-electron chi connectivity index (χ4n) is 3.83. The Bertz CT molecular complexity index is 926. The molecule has 1 N–H and O–H groups in total. The van der Waals surface area contributed by atoms with Crippen LogP contribution in [0.5, 0.6) is 0 Å². The lowest BCUT2D eigenvalue weighted by Crippen LogP contribution is -2.28. The molecule has 1 aliphatic rings. The number of aryl methyl sites for hydroxylation is 1. The van der Waals surface area contributed by atoms with E-state index in [-0.39, 0.29) is 5.41 Å². The minimum Gasteiger partial charge on any atom is -0.350 e. The van der Waals surface area contributed by atoms with Gasteiger partial charge in [0.2, 0.25) is 0 Å². The van der Waals surface area contributed by atoms with Crippen molar-refractivity contribution in [1.29, 1.82) is 0 Å². The second kappa shape index (κ2) is 8.27. The molecule has 0 fully saturated rings. The fourth-order valence-corrected chi connectivity index (χ4v) is 3.83. The van der Waals surface area contributed by atoms with E-state index < -0.39 is 0 Å². The number of aromatic amines is 1. The zero-order valence-corrected chi connectivity index (χ0v) is 17.7. The molecule has 0 atom stereocenters. The molecule has 0 bridgehead atoms. The Morgan fingerprint density at radius 2 is 1.83 bits per heavy atom. The number of benzene rings is 1. The van der Waals surface area contributed by atoms with Crippen molar-refractivity contribution in [2.75, 3.05) is 23.0 Å². The zero-order chi connectivity index (χ0) is 20.3.